The third kappa shape index (κ3) is 5.89. The zero-order valence-corrected chi connectivity index (χ0v) is 8.79. The molecule has 0 atom stereocenters. The Hall–Kier alpha value is -0.860. The van der Waals surface area contributed by atoms with E-state index in [2.05, 4.69) is 5.10 Å². The molecule has 0 bridgehead atoms. The van der Waals surface area contributed by atoms with Crippen LogP contribution in [0.2, 0.25) is 0 Å². The summed E-state index contributed by atoms with van der Waals surface area (Å²) in [4.78, 5) is 10.6. The molecule has 0 aromatic carbocycles. The fourth-order valence-electron chi connectivity index (χ4n) is 0.594. The maximum Gasteiger partial charge on any atom is 0.242 e. The Bertz CT molecular complexity index is 132. The zero-order chi connectivity index (χ0) is 9.98. The fraction of sp³-hybridized carbons (Fsp3) is 0.778. The van der Waals surface area contributed by atoms with Gasteiger partial charge in [0.05, 0.1) is 0 Å². The number of hydrazone groups is 1. The van der Waals surface area contributed by atoms with Gasteiger partial charge in [0, 0.05) is 19.7 Å². The van der Waals surface area contributed by atoms with E-state index in [1.807, 2.05) is 27.7 Å². The first-order chi connectivity index (χ1) is 5.80. The molecule has 1 aliphatic rings. The molecule has 0 aromatic rings. The van der Waals surface area contributed by atoms with Gasteiger partial charge in [-0.3, -0.25) is 4.79 Å². The van der Waals surface area contributed by atoms with E-state index in [9.17, 15) is 4.79 Å². The van der Waals surface area contributed by atoms with Crippen molar-refractivity contribution in [1.82, 2.24) is 5.01 Å². The number of rotatable bonds is 0. The molecule has 0 radical (unpaired) electrons. The molecule has 1 heterocycles. The highest BCUT2D eigenvalue weighted by Gasteiger charge is 2.08. The number of carbonyl (C=O) groups excluding carboxylic acids is 1. The van der Waals surface area contributed by atoms with Gasteiger partial charge in [-0.1, -0.05) is 27.7 Å². The van der Waals surface area contributed by atoms with Crippen LogP contribution in [0.3, 0.4) is 0 Å². The van der Waals surface area contributed by atoms with Crippen LogP contribution in [0.25, 0.3) is 0 Å². The van der Waals surface area contributed by atoms with E-state index in [4.69, 9.17) is 0 Å². The highest BCUT2D eigenvalue weighted by Crippen LogP contribution is 1.99. The van der Waals surface area contributed by atoms with Crippen molar-refractivity contribution in [1.29, 1.82) is 0 Å². The number of carbonyl (C=O) groups is 1. The number of hydrogen-bond acceptors (Lipinski definition) is 2. The minimum absolute atomic E-state index is 0.104. The van der Waals surface area contributed by atoms with E-state index in [1.54, 1.807) is 13.3 Å². The van der Waals surface area contributed by atoms with Crippen molar-refractivity contribution in [3.05, 3.63) is 0 Å². The van der Waals surface area contributed by atoms with Crippen molar-refractivity contribution in [2.75, 3.05) is 7.05 Å². The number of amides is 1. The molecule has 1 aliphatic heterocycles. The van der Waals surface area contributed by atoms with Crippen molar-refractivity contribution in [3.63, 3.8) is 0 Å². The molecule has 0 aliphatic carbocycles. The summed E-state index contributed by atoms with van der Waals surface area (Å²) in [7, 11) is 1.66. The fourth-order valence-corrected chi connectivity index (χ4v) is 0.594. The topological polar surface area (TPSA) is 32.7 Å². The summed E-state index contributed by atoms with van der Waals surface area (Å²) in [6.45, 7) is 8.00. The smallest absolute Gasteiger partial charge is 0.242 e. The molecule has 0 saturated carbocycles. The van der Waals surface area contributed by atoms with Crippen LogP contribution in [0.5, 0.6) is 0 Å². The van der Waals surface area contributed by atoms with Gasteiger partial charge in [-0.2, -0.15) is 5.10 Å². The third-order valence-electron chi connectivity index (χ3n) is 1.10. The van der Waals surface area contributed by atoms with E-state index >= 15 is 0 Å². The van der Waals surface area contributed by atoms with Gasteiger partial charge in [-0.25, -0.2) is 5.01 Å². The number of hydrogen-bond donors (Lipinski definition) is 0. The summed E-state index contributed by atoms with van der Waals surface area (Å²) in [5, 5.41) is 5.13. The lowest BCUT2D eigenvalue weighted by Gasteiger charge is -2.12. The van der Waals surface area contributed by atoms with Gasteiger partial charge in [-0.05, 0) is 6.42 Å². The van der Waals surface area contributed by atoms with E-state index < -0.39 is 0 Å². The lowest BCUT2D eigenvalue weighted by Crippen LogP contribution is -2.23. The van der Waals surface area contributed by atoms with Crippen LogP contribution < -0.4 is 0 Å². The van der Waals surface area contributed by atoms with Crippen molar-refractivity contribution < 1.29 is 4.79 Å². The van der Waals surface area contributed by atoms with Gasteiger partial charge in [0.1, 0.15) is 0 Å². The molecular formula is C9H20N2O. The lowest BCUT2D eigenvalue weighted by atomic mass is 10.3. The molecule has 3 nitrogen and oxygen atoms in total. The van der Waals surface area contributed by atoms with Gasteiger partial charge < -0.3 is 0 Å². The molecule has 0 fully saturated rings. The summed E-state index contributed by atoms with van der Waals surface area (Å²) >= 11 is 0. The molecule has 12 heavy (non-hydrogen) atoms. The predicted octanol–water partition coefficient (Wildman–Crippen LogP) is 2.28. The summed E-state index contributed by atoms with van der Waals surface area (Å²) in [6, 6.07) is 0. The van der Waals surface area contributed by atoms with Crippen LogP contribution in [0, 0.1) is 0 Å². The van der Waals surface area contributed by atoms with E-state index in [0.29, 0.717) is 6.42 Å². The Labute approximate surface area is 75.5 Å². The molecule has 72 valence electrons. The van der Waals surface area contributed by atoms with Crippen LogP contribution in [0.15, 0.2) is 5.10 Å². The Morgan fingerprint density at radius 2 is 1.83 bits per heavy atom. The predicted molar refractivity (Wildman–Crippen MR) is 53.2 cm³/mol. The molecule has 0 aromatic heterocycles. The molecule has 0 unspecified atom stereocenters. The Kier molecular flexibility index (Phi) is 11.6. The van der Waals surface area contributed by atoms with Crippen molar-refractivity contribution >= 4 is 12.1 Å². The van der Waals surface area contributed by atoms with Crippen molar-refractivity contribution in [2.45, 2.75) is 40.5 Å². The van der Waals surface area contributed by atoms with Crippen LogP contribution in [-0.2, 0) is 4.79 Å². The minimum Gasteiger partial charge on any atom is -0.273 e. The van der Waals surface area contributed by atoms with Crippen LogP contribution >= 0.6 is 0 Å². The quantitative estimate of drug-likeness (QED) is 0.551. The van der Waals surface area contributed by atoms with Gasteiger partial charge in [0.2, 0.25) is 5.91 Å². The highest BCUT2D eigenvalue weighted by molar-refractivity contribution is 5.81. The minimum atomic E-state index is 0.104. The first kappa shape index (κ1) is 13.7. The van der Waals surface area contributed by atoms with E-state index in [1.165, 1.54) is 5.01 Å². The van der Waals surface area contributed by atoms with Crippen molar-refractivity contribution in [2.24, 2.45) is 5.10 Å². The van der Waals surface area contributed by atoms with Crippen molar-refractivity contribution in [3.8, 4) is 0 Å². The molecule has 0 N–H and O–H groups in total. The Morgan fingerprint density at radius 3 is 2.08 bits per heavy atom. The maximum atomic E-state index is 10.6. The normalized spacial score (nSPS) is 14.1. The first-order valence-corrected chi connectivity index (χ1v) is 4.59. The first-order valence-electron chi connectivity index (χ1n) is 4.59. The zero-order valence-electron chi connectivity index (χ0n) is 8.79. The SMILES string of the molecule is CC.CC.CN1N=CCCC1=O. The summed E-state index contributed by atoms with van der Waals surface area (Å²) < 4.78 is 0. The van der Waals surface area contributed by atoms with Crippen LogP contribution in [0.4, 0.5) is 0 Å². The molecule has 3 heteroatoms. The second-order valence-corrected chi connectivity index (χ2v) is 1.75. The van der Waals surface area contributed by atoms with Crippen LogP contribution in [0.1, 0.15) is 40.5 Å². The highest BCUT2D eigenvalue weighted by atomic mass is 16.2. The van der Waals surface area contributed by atoms with Gasteiger partial charge in [-0.15, -0.1) is 0 Å². The number of nitrogens with zero attached hydrogens (tertiary/aromatic N) is 2. The summed E-state index contributed by atoms with van der Waals surface area (Å²) in [5.41, 5.74) is 0. The Morgan fingerprint density at radius 1 is 1.33 bits per heavy atom. The van der Waals surface area contributed by atoms with Gasteiger partial charge in [0.15, 0.2) is 0 Å². The largest absolute Gasteiger partial charge is 0.273 e. The van der Waals surface area contributed by atoms with Gasteiger partial charge >= 0.3 is 0 Å². The molecule has 0 spiro atoms. The van der Waals surface area contributed by atoms with E-state index in [-0.39, 0.29) is 5.91 Å². The average molecular weight is 172 g/mol. The average Bonchev–Trinajstić information content (AvgIpc) is 2.17. The Balaban J connectivity index is 0. The van der Waals surface area contributed by atoms with E-state index in [0.717, 1.165) is 6.42 Å². The summed E-state index contributed by atoms with van der Waals surface area (Å²) in [6.07, 6.45) is 3.16. The third-order valence-corrected chi connectivity index (χ3v) is 1.10. The standard InChI is InChI=1S/C5H8N2O.2C2H6/c1-7-5(8)3-2-4-6-7;2*1-2/h4H,2-3H2,1H3;2*1-2H3. The second-order valence-electron chi connectivity index (χ2n) is 1.75. The molecular weight excluding hydrogens is 152 g/mol. The monoisotopic (exact) mass is 172 g/mol. The second kappa shape index (κ2) is 10.1. The van der Waals surface area contributed by atoms with Gasteiger partial charge in [0.25, 0.3) is 0 Å². The molecule has 0 saturated heterocycles. The maximum absolute atomic E-state index is 10.6. The molecule has 1 rings (SSSR count). The summed E-state index contributed by atoms with van der Waals surface area (Å²) in [5.74, 6) is 0.104. The lowest BCUT2D eigenvalue weighted by molar-refractivity contribution is -0.130. The molecule has 1 amide bonds. The van der Waals surface area contributed by atoms with Crippen LogP contribution in [-0.4, -0.2) is 24.2 Å².